The van der Waals surface area contributed by atoms with Gasteiger partial charge in [-0.05, 0) is 17.7 Å². The highest BCUT2D eigenvalue weighted by Crippen LogP contribution is 2.33. The Labute approximate surface area is 127 Å². The standard InChI is InChI=1S/C15H15ClN4O/c1-21-20-14-7-10(9-2-4-11(16)5-3-9)6-13-12(14)8-18-15(17)19-13/h2-5,7-8,10,20H,6H2,1H3,(H2,17,18,19). The number of fused-ring (bicyclic) bond motifs is 1. The number of allylic oxidation sites excluding steroid dienone is 1. The Morgan fingerprint density at radius 3 is 2.81 bits per heavy atom. The maximum Gasteiger partial charge on any atom is 0.220 e. The largest absolute Gasteiger partial charge is 0.368 e. The van der Waals surface area contributed by atoms with Gasteiger partial charge in [0.15, 0.2) is 0 Å². The van der Waals surface area contributed by atoms with Crippen LogP contribution in [0, 0.1) is 0 Å². The first-order chi connectivity index (χ1) is 10.2. The zero-order valence-corrected chi connectivity index (χ0v) is 12.3. The average molecular weight is 303 g/mol. The summed E-state index contributed by atoms with van der Waals surface area (Å²) in [7, 11) is 1.57. The van der Waals surface area contributed by atoms with E-state index in [0.29, 0.717) is 0 Å². The van der Waals surface area contributed by atoms with Crippen LogP contribution < -0.4 is 11.2 Å². The lowest BCUT2D eigenvalue weighted by atomic mass is 9.87. The monoisotopic (exact) mass is 302 g/mol. The number of benzene rings is 1. The summed E-state index contributed by atoms with van der Waals surface area (Å²) >= 11 is 5.95. The van der Waals surface area contributed by atoms with Gasteiger partial charge in [-0.3, -0.25) is 10.3 Å². The van der Waals surface area contributed by atoms with E-state index in [4.69, 9.17) is 22.2 Å². The van der Waals surface area contributed by atoms with Crippen LogP contribution in [0.4, 0.5) is 5.95 Å². The molecule has 108 valence electrons. The molecule has 0 saturated carbocycles. The summed E-state index contributed by atoms with van der Waals surface area (Å²) in [5.74, 6) is 0.462. The number of rotatable bonds is 3. The van der Waals surface area contributed by atoms with Gasteiger partial charge >= 0.3 is 0 Å². The molecule has 3 rings (SSSR count). The van der Waals surface area contributed by atoms with Gasteiger partial charge in [-0.25, -0.2) is 9.97 Å². The van der Waals surface area contributed by atoms with E-state index in [1.807, 2.05) is 24.3 Å². The Bertz CT molecular complexity index is 685. The van der Waals surface area contributed by atoms with Crippen molar-refractivity contribution in [2.24, 2.45) is 0 Å². The summed E-state index contributed by atoms with van der Waals surface area (Å²) in [5.41, 5.74) is 12.4. The van der Waals surface area contributed by atoms with Gasteiger partial charge in [0.2, 0.25) is 5.95 Å². The molecular weight excluding hydrogens is 288 g/mol. The fraction of sp³-hybridized carbons (Fsp3) is 0.200. The topological polar surface area (TPSA) is 73.1 Å². The third-order valence-electron chi connectivity index (χ3n) is 3.47. The molecule has 0 spiro atoms. The van der Waals surface area contributed by atoms with Gasteiger partial charge in [0.25, 0.3) is 0 Å². The number of hydrogen-bond acceptors (Lipinski definition) is 5. The number of nitrogen functional groups attached to an aromatic ring is 1. The average Bonchev–Trinajstić information content (AvgIpc) is 2.47. The molecule has 2 aromatic rings. The lowest BCUT2D eigenvalue weighted by molar-refractivity contribution is 0.136. The van der Waals surface area contributed by atoms with E-state index in [1.165, 1.54) is 0 Å². The number of halogens is 1. The molecule has 0 radical (unpaired) electrons. The molecule has 1 aromatic heterocycles. The van der Waals surface area contributed by atoms with E-state index in [9.17, 15) is 0 Å². The maximum absolute atomic E-state index is 5.95. The van der Waals surface area contributed by atoms with E-state index < -0.39 is 0 Å². The first kappa shape index (κ1) is 13.9. The number of nitrogens with zero attached hydrogens (tertiary/aromatic N) is 2. The highest BCUT2D eigenvalue weighted by molar-refractivity contribution is 6.30. The van der Waals surface area contributed by atoms with Gasteiger partial charge in [0, 0.05) is 29.1 Å². The Morgan fingerprint density at radius 1 is 1.33 bits per heavy atom. The number of hydroxylamine groups is 1. The first-order valence-electron chi connectivity index (χ1n) is 6.55. The summed E-state index contributed by atoms with van der Waals surface area (Å²) in [4.78, 5) is 13.4. The fourth-order valence-corrected chi connectivity index (χ4v) is 2.62. The minimum Gasteiger partial charge on any atom is -0.368 e. The zero-order chi connectivity index (χ0) is 14.8. The lowest BCUT2D eigenvalue weighted by Gasteiger charge is -2.23. The number of nitrogens with one attached hydrogen (secondary N) is 1. The second kappa shape index (κ2) is 5.71. The van der Waals surface area contributed by atoms with Crippen molar-refractivity contribution in [3.05, 3.63) is 58.4 Å². The van der Waals surface area contributed by atoms with Gasteiger partial charge in [-0.15, -0.1) is 0 Å². The van der Waals surface area contributed by atoms with Crippen molar-refractivity contribution >= 4 is 23.2 Å². The van der Waals surface area contributed by atoms with E-state index in [1.54, 1.807) is 13.3 Å². The summed E-state index contributed by atoms with van der Waals surface area (Å²) in [6.07, 6.45) is 4.58. The molecule has 0 bridgehead atoms. The first-order valence-corrected chi connectivity index (χ1v) is 6.93. The summed E-state index contributed by atoms with van der Waals surface area (Å²) < 4.78 is 0. The normalized spacial score (nSPS) is 17.0. The predicted octanol–water partition coefficient (Wildman–Crippen LogP) is 2.54. The van der Waals surface area contributed by atoms with E-state index >= 15 is 0 Å². The van der Waals surface area contributed by atoms with Crippen LogP contribution in [0.2, 0.25) is 5.02 Å². The van der Waals surface area contributed by atoms with Crippen LogP contribution in [0.1, 0.15) is 22.7 Å². The predicted molar refractivity (Wildman–Crippen MR) is 82.5 cm³/mol. The number of aromatic nitrogens is 2. The van der Waals surface area contributed by atoms with Gasteiger partial charge in [0.05, 0.1) is 18.5 Å². The number of anilines is 1. The second-order valence-electron chi connectivity index (χ2n) is 4.84. The van der Waals surface area contributed by atoms with Crippen molar-refractivity contribution in [1.82, 2.24) is 15.4 Å². The third kappa shape index (κ3) is 2.84. The molecule has 21 heavy (non-hydrogen) atoms. The molecule has 1 heterocycles. The Morgan fingerprint density at radius 2 is 2.10 bits per heavy atom. The smallest absolute Gasteiger partial charge is 0.220 e. The molecule has 6 heteroatoms. The van der Waals surface area contributed by atoms with Gasteiger partial charge in [0.1, 0.15) is 0 Å². The SMILES string of the molecule is CONC1=CC(c2ccc(Cl)cc2)Cc2nc(N)ncc21. The number of hydrogen-bond donors (Lipinski definition) is 2. The third-order valence-corrected chi connectivity index (χ3v) is 3.72. The Hall–Kier alpha value is -2.11. The van der Waals surface area contributed by atoms with Crippen LogP contribution >= 0.6 is 11.6 Å². The van der Waals surface area contributed by atoms with Crippen molar-refractivity contribution in [3.63, 3.8) is 0 Å². The quantitative estimate of drug-likeness (QED) is 0.852. The Balaban J connectivity index is 2.01. The van der Waals surface area contributed by atoms with Crippen molar-refractivity contribution in [2.75, 3.05) is 12.8 Å². The van der Waals surface area contributed by atoms with Crippen LogP contribution in [0.3, 0.4) is 0 Å². The van der Waals surface area contributed by atoms with Crippen LogP contribution in [-0.4, -0.2) is 17.1 Å². The molecule has 0 saturated heterocycles. The molecule has 1 atom stereocenters. The molecular formula is C15H15ClN4O. The van der Waals surface area contributed by atoms with E-state index in [0.717, 1.165) is 34.0 Å². The summed E-state index contributed by atoms with van der Waals surface area (Å²) in [6, 6.07) is 7.81. The zero-order valence-electron chi connectivity index (χ0n) is 11.5. The maximum atomic E-state index is 5.95. The minimum atomic E-state index is 0.182. The van der Waals surface area contributed by atoms with Crippen LogP contribution in [0.5, 0.6) is 0 Å². The molecule has 5 nitrogen and oxygen atoms in total. The molecule has 1 aliphatic carbocycles. The van der Waals surface area contributed by atoms with Crippen molar-refractivity contribution < 1.29 is 4.84 Å². The van der Waals surface area contributed by atoms with Crippen molar-refractivity contribution in [1.29, 1.82) is 0 Å². The molecule has 0 amide bonds. The molecule has 1 aromatic carbocycles. The molecule has 1 unspecified atom stereocenters. The number of nitrogens with two attached hydrogens (primary N) is 1. The second-order valence-corrected chi connectivity index (χ2v) is 5.27. The van der Waals surface area contributed by atoms with Crippen molar-refractivity contribution in [2.45, 2.75) is 12.3 Å². The van der Waals surface area contributed by atoms with E-state index in [2.05, 4.69) is 21.5 Å². The minimum absolute atomic E-state index is 0.182. The molecule has 1 aliphatic rings. The molecule has 0 fully saturated rings. The van der Waals surface area contributed by atoms with E-state index in [-0.39, 0.29) is 11.9 Å². The van der Waals surface area contributed by atoms with Gasteiger partial charge in [-0.1, -0.05) is 29.8 Å². The highest BCUT2D eigenvalue weighted by atomic mass is 35.5. The Kier molecular flexibility index (Phi) is 3.77. The van der Waals surface area contributed by atoms with Gasteiger partial charge in [-0.2, -0.15) is 0 Å². The van der Waals surface area contributed by atoms with Crippen LogP contribution in [0.25, 0.3) is 5.70 Å². The van der Waals surface area contributed by atoms with Gasteiger partial charge < -0.3 is 5.73 Å². The van der Waals surface area contributed by atoms with Crippen LogP contribution in [-0.2, 0) is 11.3 Å². The molecule has 3 N–H and O–H groups in total. The lowest BCUT2D eigenvalue weighted by Crippen LogP contribution is -2.20. The highest BCUT2D eigenvalue weighted by Gasteiger charge is 2.23. The molecule has 0 aliphatic heterocycles. The van der Waals surface area contributed by atoms with Crippen molar-refractivity contribution in [3.8, 4) is 0 Å². The fourth-order valence-electron chi connectivity index (χ4n) is 2.49. The summed E-state index contributed by atoms with van der Waals surface area (Å²) in [5, 5.41) is 0.723. The van der Waals surface area contributed by atoms with Crippen LogP contribution in [0.15, 0.2) is 36.5 Å². The summed E-state index contributed by atoms with van der Waals surface area (Å²) in [6.45, 7) is 0.